The van der Waals surface area contributed by atoms with Gasteiger partial charge in [-0.3, -0.25) is 4.79 Å². The molecule has 1 aliphatic rings. The Morgan fingerprint density at radius 3 is 2.81 bits per heavy atom. The summed E-state index contributed by atoms with van der Waals surface area (Å²) in [6.45, 7) is 4.98. The van der Waals surface area contributed by atoms with Gasteiger partial charge in [0.1, 0.15) is 5.82 Å². The fourth-order valence-corrected chi connectivity index (χ4v) is 4.12. The van der Waals surface area contributed by atoms with Gasteiger partial charge in [-0.1, -0.05) is 48.5 Å². The van der Waals surface area contributed by atoms with E-state index in [0.29, 0.717) is 0 Å². The topological polar surface area (TPSA) is 59.8 Å². The number of amides is 1. The van der Waals surface area contributed by atoms with Gasteiger partial charge in [-0.15, -0.1) is 10.2 Å². The van der Waals surface area contributed by atoms with Crippen LogP contribution in [-0.2, 0) is 24.2 Å². The zero-order valence-corrected chi connectivity index (χ0v) is 16.5. The third-order valence-corrected chi connectivity index (χ3v) is 5.90. The number of fused-ring (bicyclic) bond motifs is 1. The molecule has 1 N–H and O–H groups in total. The van der Waals surface area contributed by atoms with Crippen LogP contribution in [0, 0.1) is 0 Å². The minimum atomic E-state index is -0.175. The van der Waals surface area contributed by atoms with Gasteiger partial charge < -0.3 is 9.88 Å². The molecule has 2 atom stereocenters. The smallest absolute Gasteiger partial charge is 0.233 e. The highest BCUT2D eigenvalue weighted by molar-refractivity contribution is 8.00. The Hall–Kier alpha value is -1.82. The molecule has 1 aromatic carbocycles. The second kappa shape index (κ2) is 9.21. The van der Waals surface area contributed by atoms with Gasteiger partial charge in [0.2, 0.25) is 5.91 Å². The number of aromatic nitrogens is 3. The molecule has 5 nitrogen and oxygen atoms in total. The molecule has 0 saturated heterocycles. The van der Waals surface area contributed by atoms with Crippen molar-refractivity contribution in [3.8, 4) is 0 Å². The summed E-state index contributed by atoms with van der Waals surface area (Å²) < 4.78 is 2.19. The lowest BCUT2D eigenvalue weighted by atomic mass is 10.1. The van der Waals surface area contributed by atoms with Crippen LogP contribution in [0.3, 0.4) is 0 Å². The Labute approximate surface area is 160 Å². The van der Waals surface area contributed by atoms with Crippen LogP contribution in [-0.4, -0.2) is 32.0 Å². The number of carbonyl (C=O) groups excluding carboxylic acids is 1. The SMILES string of the molecule is C[C@@H](CCc1ccccc1)NC(=O)[C@@H](C)Sc1nnc2n1CCCCC2. The van der Waals surface area contributed by atoms with Crippen LogP contribution in [0.4, 0.5) is 0 Å². The van der Waals surface area contributed by atoms with Crippen molar-refractivity contribution in [1.29, 1.82) is 0 Å². The van der Waals surface area contributed by atoms with E-state index in [-0.39, 0.29) is 17.2 Å². The maximum absolute atomic E-state index is 12.5. The molecule has 1 aromatic heterocycles. The Bertz CT molecular complexity index is 716. The van der Waals surface area contributed by atoms with E-state index in [2.05, 4.69) is 51.3 Å². The molecule has 0 radical (unpaired) electrons. The Morgan fingerprint density at radius 1 is 1.19 bits per heavy atom. The monoisotopic (exact) mass is 372 g/mol. The van der Waals surface area contributed by atoms with Gasteiger partial charge in [-0.05, 0) is 45.1 Å². The third kappa shape index (κ3) is 5.10. The first-order valence-corrected chi connectivity index (χ1v) is 10.4. The Morgan fingerprint density at radius 2 is 2.00 bits per heavy atom. The van der Waals surface area contributed by atoms with Crippen molar-refractivity contribution in [3.05, 3.63) is 41.7 Å². The molecule has 2 heterocycles. The van der Waals surface area contributed by atoms with Crippen molar-refractivity contribution in [2.45, 2.75) is 75.4 Å². The predicted octanol–water partition coefficient (Wildman–Crippen LogP) is 3.62. The molecule has 1 amide bonds. The Balaban J connectivity index is 1.49. The highest BCUT2D eigenvalue weighted by Crippen LogP contribution is 2.25. The summed E-state index contributed by atoms with van der Waals surface area (Å²) in [6, 6.07) is 10.5. The number of hydrogen-bond donors (Lipinski definition) is 1. The number of aryl methyl sites for hydroxylation is 2. The van der Waals surface area contributed by atoms with Gasteiger partial charge in [0.05, 0.1) is 5.25 Å². The fourth-order valence-electron chi connectivity index (χ4n) is 3.22. The average Bonchev–Trinajstić information content (AvgIpc) is 2.87. The zero-order chi connectivity index (χ0) is 18.4. The lowest BCUT2D eigenvalue weighted by Crippen LogP contribution is -2.38. The molecule has 0 aliphatic carbocycles. The van der Waals surface area contributed by atoms with Gasteiger partial charge in [0.25, 0.3) is 0 Å². The predicted molar refractivity (Wildman–Crippen MR) is 105 cm³/mol. The zero-order valence-electron chi connectivity index (χ0n) is 15.6. The molecule has 0 bridgehead atoms. The molecule has 0 saturated carbocycles. The van der Waals surface area contributed by atoms with Gasteiger partial charge in [-0.25, -0.2) is 0 Å². The van der Waals surface area contributed by atoms with Crippen molar-refractivity contribution in [2.24, 2.45) is 0 Å². The molecule has 3 rings (SSSR count). The minimum absolute atomic E-state index is 0.0709. The molecular formula is C20H28N4OS. The third-order valence-electron chi connectivity index (χ3n) is 4.82. The first kappa shape index (κ1) is 19.0. The van der Waals surface area contributed by atoms with Crippen LogP contribution in [0.5, 0.6) is 0 Å². The van der Waals surface area contributed by atoms with Gasteiger partial charge in [0, 0.05) is 19.0 Å². The average molecular weight is 373 g/mol. The van der Waals surface area contributed by atoms with Crippen LogP contribution in [0.1, 0.15) is 50.9 Å². The van der Waals surface area contributed by atoms with Crippen LogP contribution in [0.2, 0.25) is 0 Å². The molecule has 0 spiro atoms. The summed E-state index contributed by atoms with van der Waals surface area (Å²) in [7, 11) is 0. The standard InChI is InChI=1S/C20H28N4OS/c1-15(12-13-17-9-5-3-6-10-17)21-19(25)16(2)26-20-23-22-18-11-7-4-8-14-24(18)20/h3,5-6,9-10,15-16H,4,7-8,11-14H2,1-2H3,(H,21,25)/t15-,16+/m0/s1. The van der Waals surface area contributed by atoms with E-state index in [9.17, 15) is 4.79 Å². The fraction of sp³-hybridized carbons (Fsp3) is 0.550. The highest BCUT2D eigenvalue weighted by Gasteiger charge is 2.21. The second-order valence-corrected chi connectivity index (χ2v) is 8.36. The normalized spacial score (nSPS) is 16.4. The molecule has 2 aromatic rings. The van der Waals surface area contributed by atoms with E-state index in [1.54, 1.807) is 0 Å². The summed E-state index contributed by atoms with van der Waals surface area (Å²) in [5, 5.41) is 12.5. The van der Waals surface area contributed by atoms with E-state index >= 15 is 0 Å². The van der Waals surface area contributed by atoms with Crippen LogP contribution >= 0.6 is 11.8 Å². The van der Waals surface area contributed by atoms with Gasteiger partial charge >= 0.3 is 0 Å². The molecule has 0 unspecified atom stereocenters. The van der Waals surface area contributed by atoms with Crippen molar-refractivity contribution < 1.29 is 4.79 Å². The van der Waals surface area contributed by atoms with Crippen molar-refractivity contribution >= 4 is 17.7 Å². The number of carbonyl (C=O) groups is 1. The molecule has 140 valence electrons. The highest BCUT2D eigenvalue weighted by atomic mass is 32.2. The van der Waals surface area contributed by atoms with E-state index in [1.165, 1.54) is 30.2 Å². The maximum atomic E-state index is 12.5. The van der Waals surface area contributed by atoms with Crippen LogP contribution in [0.15, 0.2) is 35.5 Å². The molecule has 1 aliphatic heterocycles. The second-order valence-electron chi connectivity index (χ2n) is 7.06. The quantitative estimate of drug-likeness (QED) is 0.754. The summed E-state index contributed by atoms with van der Waals surface area (Å²) in [4.78, 5) is 12.5. The summed E-state index contributed by atoms with van der Waals surface area (Å²) in [5.74, 6) is 1.13. The number of nitrogens with zero attached hydrogens (tertiary/aromatic N) is 3. The van der Waals surface area contributed by atoms with Crippen LogP contribution in [0.25, 0.3) is 0 Å². The van der Waals surface area contributed by atoms with Gasteiger partial charge in [0.15, 0.2) is 5.16 Å². The first-order valence-electron chi connectivity index (χ1n) is 9.56. The number of rotatable bonds is 7. The maximum Gasteiger partial charge on any atom is 0.233 e. The minimum Gasteiger partial charge on any atom is -0.353 e. The lowest BCUT2D eigenvalue weighted by Gasteiger charge is -2.17. The van der Waals surface area contributed by atoms with Crippen molar-refractivity contribution in [1.82, 2.24) is 20.1 Å². The summed E-state index contributed by atoms with van der Waals surface area (Å²) in [6.07, 6.45) is 6.48. The number of nitrogens with one attached hydrogen (secondary N) is 1. The number of hydrogen-bond acceptors (Lipinski definition) is 4. The largest absolute Gasteiger partial charge is 0.353 e. The molecule has 0 fully saturated rings. The molecule has 6 heteroatoms. The van der Waals surface area contributed by atoms with Crippen molar-refractivity contribution in [2.75, 3.05) is 0 Å². The Kier molecular flexibility index (Phi) is 6.72. The number of benzene rings is 1. The van der Waals surface area contributed by atoms with Crippen LogP contribution < -0.4 is 5.32 Å². The van der Waals surface area contributed by atoms with E-state index in [4.69, 9.17) is 0 Å². The number of thioether (sulfide) groups is 1. The van der Waals surface area contributed by atoms with Crippen molar-refractivity contribution in [3.63, 3.8) is 0 Å². The molecular weight excluding hydrogens is 344 g/mol. The lowest BCUT2D eigenvalue weighted by molar-refractivity contribution is -0.120. The van der Waals surface area contributed by atoms with E-state index in [1.807, 2.05) is 13.0 Å². The van der Waals surface area contributed by atoms with E-state index in [0.717, 1.165) is 43.2 Å². The summed E-state index contributed by atoms with van der Waals surface area (Å²) >= 11 is 1.52. The molecule has 26 heavy (non-hydrogen) atoms. The summed E-state index contributed by atoms with van der Waals surface area (Å²) in [5.41, 5.74) is 1.31. The van der Waals surface area contributed by atoms with Gasteiger partial charge in [-0.2, -0.15) is 0 Å². The first-order chi connectivity index (χ1) is 12.6. The van der Waals surface area contributed by atoms with E-state index < -0.39 is 0 Å².